The van der Waals surface area contributed by atoms with Crippen LogP contribution in [0.25, 0.3) is 0 Å². The van der Waals surface area contributed by atoms with Crippen LogP contribution in [0.15, 0.2) is 24.3 Å². The Labute approximate surface area is 209 Å². The maximum atomic E-state index is 13.4. The van der Waals surface area contributed by atoms with E-state index in [1.807, 2.05) is 0 Å². The molecule has 0 fully saturated rings. The zero-order valence-corrected chi connectivity index (χ0v) is 20.7. The van der Waals surface area contributed by atoms with Crippen LogP contribution in [-0.4, -0.2) is 64.6 Å². The first-order valence-corrected chi connectivity index (χ1v) is 11.1. The molecule has 0 aliphatic rings. The fourth-order valence-corrected chi connectivity index (χ4v) is 3.02. The van der Waals surface area contributed by atoms with Gasteiger partial charge in [-0.3, -0.25) is 24.1 Å². The summed E-state index contributed by atoms with van der Waals surface area (Å²) >= 11 is 0. The van der Waals surface area contributed by atoms with E-state index < -0.39 is 53.9 Å². The van der Waals surface area contributed by atoms with Gasteiger partial charge >= 0.3 is 12.1 Å². The fourth-order valence-electron chi connectivity index (χ4n) is 3.02. The number of nitrogens with zero attached hydrogens (tertiary/aromatic N) is 1. The Balaban J connectivity index is 3.31. The van der Waals surface area contributed by atoms with E-state index >= 15 is 0 Å². The van der Waals surface area contributed by atoms with Crippen LogP contribution in [0.1, 0.15) is 52.1 Å². The maximum absolute atomic E-state index is 13.4. The third-order valence-corrected chi connectivity index (χ3v) is 4.44. The minimum absolute atomic E-state index is 0.0347. The standard InChI is InChI=1S/C24H32N4O8/c1-6-28(22(33)16(14-18(25)30)27-23(34)36-24(3,4)5)20(15-10-8-9-11-17(15)29)21(32)26-13-12-19(31)35-7-2/h1,8-11,16,20,29H,7,12-14H2,2-5H3,(H2,25,30)(H,26,32)(H,27,34). The predicted molar refractivity (Wildman–Crippen MR) is 128 cm³/mol. The van der Waals surface area contributed by atoms with Gasteiger partial charge in [0.2, 0.25) is 11.8 Å². The van der Waals surface area contributed by atoms with E-state index in [0.29, 0.717) is 4.90 Å². The Morgan fingerprint density at radius 2 is 1.83 bits per heavy atom. The number of phenolic OH excluding ortho intramolecular Hbond substituents is 1. The quantitative estimate of drug-likeness (QED) is 0.193. The van der Waals surface area contributed by atoms with E-state index in [4.69, 9.17) is 21.6 Å². The normalized spacial score (nSPS) is 12.3. The number of benzene rings is 1. The second-order valence-corrected chi connectivity index (χ2v) is 8.51. The van der Waals surface area contributed by atoms with Gasteiger partial charge in [-0.05, 0) is 33.8 Å². The summed E-state index contributed by atoms with van der Waals surface area (Å²) in [5.41, 5.74) is 4.30. The van der Waals surface area contributed by atoms with E-state index in [1.54, 1.807) is 27.7 Å². The summed E-state index contributed by atoms with van der Waals surface area (Å²) in [6.07, 6.45) is 3.76. The number of phenols is 1. The van der Waals surface area contributed by atoms with Crippen molar-refractivity contribution in [2.45, 2.75) is 58.2 Å². The second-order valence-electron chi connectivity index (χ2n) is 8.51. The smallest absolute Gasteiger partial charge is 0.408 e. The molecule has 196 valence electrons. The van der Waals surface area contributed by atoms with E-state index in [9.17, 15) is 29.1 Å². The first-order valence-electron chi connectivity index (χ1n) is 11.1. The fraction of sp³-hybridized carbons (Fsp3) is 0.458. The van der Waals surface area contributed by atoms with E-state index in [-0.39, 0.29) is 30.9 Å². The lowest BCUT2D eigenvalue weighted by Crippen LogP contribution is -2.52. The molecule has 1 rings (SSSR count). The number of carbonyl (C=O) groups is 5. The van der Waals surface area contributed by atoms with Crippen molar-refractivity contribution in [2.75, 3.05) is 13.2 Å². The van der Waals surface area contributed by atoms with Crippen molar-refractivity contribution in [1.82, 2.24) is 15.5 Å². The summed E-state index contributed by atoms with van der Waals surface area (Å²) in [6.45, 7) is 6.45. The van der Waals surface area contributed by atoms with Gasteiger partial charge in [-0.2, -0.15) is 0 Å². The molecule has 12 heteroatoms. The van der Waals surface area contributed by atoms with Crippen LogP contribution in [0.3, 0.4) is 0 Å². The average Bonchev–Trinajstić information content (AvgIpc) is 2.75. The molecule has 2 unspecified atom stereocenters. The van der Waals surface area contributed by atoms with Crippen LogP contribution in [0.2, 0.25) is 0 Å². The van der Waals surface area contributed by atoms with Gasteiger partial charge in [0.25, 0.3) is 5.91 Å². The molecule has 0 heterocycles. The molecule has 1 aromatic rings. The first-order chi connectivity index (χ1) is 16.8. The summed E-state index contributed by atoms with van der Waals surface area (Å²) < 4.78 is 9.94. The minimum Gasteiger partial charge on any atom is -0.508 e. The van der Waals surface area contributed by atoms with Crippen LogP contribution in [0.5, 0.6) is 5.75 Å². The molecule has 36 heavy (non-hydrogen) atoms. The number of amides is 4. The number of nitrogens with two attached hydrogens (primary N) is 1. The summed E-state index contributed by atoms with van der Waals surface area (Å²) in [4.78, 5) is 62.6. The molecular weight excluding hydrogens is 472 g/mol. The number of esters is 1. The Hall–Kier alpha value is -4.27. The van der Waals surface area contributed by atoms with Gasteiger partial charge < -0.3 is 30.9 Å². The molecule has 0 radical (unpaired) electrons. The van der Waals surface area contributed by atoms with E-state index in [2.05, 4.69) is 16.7 Å². The number of alkyl carbamates (subject to hydrolysis) is 1. The molecule has 4 amide bonds. The molecule has 5 N–H and O–H groups in total. The molecule has 0 spiro atoms. The lowest BCUT2D eigenvalue weighted by Gasteiger charge is -2.30. The van der Waals surface area contributed by atoms with Gasteiger partial charge in [0, 0.05) is 18.2 Å². The van der Waals surface area contributed by atoms with Crippen molar-refractivity contribution >= 4 is 29.8 Å². The monoisotopic (exact) mass is 504 g/mol. The lowest BCUT2D eigenvalue weighted by atomic mass is 10.0. The molecule has 0 saturated carbocycles. The maximum Gasteiger partial charge on any atom is 0.408 e. The van der Waals surface area contributed by atoms with Crippen molar-refractivity contribution in [2.24, 2.45) is 5.73 Å². The molecule has 12 nitrogen and oxygen atoms in total. The van der Waals surface area contributed by atoms with Crippen LogP contribution in [-0.2, 0) is 28.7 Å². The highest BCUT2D eigenvalue weighted by molar-refractivity contribution is 5.95. The highest BCUT2D eigenvalue weighted by Gasteiger charge is 2.37. The molecule has 0 aromatic heterocycles. The molecule has 2 atom stereocenters. The summed E-state index contributed by atoms with van der Waals surface area (Å²) in [7, 11) is 0. The summed E-state index contributed by atoms with van der Waals surface area (Å²) in [5, 5.41) is 15.1. The number of ether oxygens (including phenoxy) is 2. The summed E-state index contributed by atoms with van der Waals surface area (Å²) in [5.74, 6) is -3.69. The second kappa shape index (κ2) is 13.6. The largest absolute Gasteiger partial charge is 0.508 e. The number of carbonyl (C=O) groups excluding carboxylic acids is 5. The number of hydrogen-bond acceptors (Lipinski definition) is 8. The van der Waals surface area contributed by atoms with Crippen molar-refractivity contribution < 1.29 is 38.6 Å². The van der Waals surface area contributed by atoms with Gasteiger partial charge in [-0.25, -0.2) is 4.79 Å². The van der Waals surface area contributed by atoms with E-state index in [0.717, 1.165) is 0 Å². The first kappa shape index (κ1) is 29.8. The number of primary amides is 1. The highest BCUT2D eigenvalue weighted by Crippen LogP contribution is 2.29. The Morgan fingerprint density at radius 1 is 1.19 bits per heavy atom. The van der Waals surface area contributed by atoms with Crippen LogP contribution in [0, 0.1) is 12.5 Å². The third kappa shape index (κ3) is 9.54. The number of rotatable bonds is 11. The highest BCUT2D eigenvalue weighted by atomic mass is 16.6. The number of nitrogens with one attached hydrogen (secondary N) is 2. The average molecular weight is 505 g/mol. The molecule has 0 saturated heterocycles. The molecular formula is C24H32N4O8. The number of terminal acetylenes is 1. The zero-order chi connectivity index (χ0) is 27.5. The lowest BCUT2D eigenvalue weighted by molar-refractivity contribution is -0.143. The van der Waals surface area contributed by atoms with E-state index in [1.165, 1.54) is 24.3 Å². The van der Waals surface area contributed by atoms with Crippen molar-refractivity contribution in [3.05, 3.63) is 29.8 Å². The summed E-state index contributed by atoms with van der Waals surface area (Å²) in [6, 6.07) is 4.58. The van der Waals surface area contributed by atoms with Crippen LogP contribution >= 0.6 is 0 Å². The third-order valence-electron chi connectivity index (χ3n) is 4.44. The number of aromatic hydroxyl groups is 1. The van der Waals surface area contributed by atoms with Crippen molar-refractivity contribution in [1.29, 1.82) is 0 Å². The van der Waals surface area contributed by atoms with Gasteiger partial charge in [0.15, 0.2) is 6.04 Å². The van der Waals surface area contributed by atoms with Gasteiger partial charge in [0.1, 0.15) is 17.4 Å². The molecule has 0 bridgehead atoms. The Kier molecular flexibility index (Phi) is 11.2. The molecule has 1 aromatic carbocycles. The SMILES string of the molecule is C#CN(C(=O)C(CC(N)=O)NC(=O)OC(C)(C)C)C(C(=O)NCCC(=O)OCC)c1ccccc1O. The van der Waals surface area contributed by atoms with Gasteiger partial charge in [-0.15, -0.1) is 0 Å². The van der Waals surface area contributed by atoms with Crippen LogP contribution < -0.4 is 16.4 Å². The van der Waals surface area contributed by atoms with Crippen LogP contribution in [0.4, 0.5) is 4.79 Å². The zero-order valence-electron chi connectivity index (χ0n) is 20.7. The number of hydrogen-bond donors (Lipinski definition) is 4. The van der Waals surface area contributed by atoms with Crippen molar-refractivity contribution in [3.8, 4) is 18.2 Å². The van der Waals surface area contributed by atoms with Crippen molar-refractivity contribution in [3.63, 3.8) is 0 Å². The minimum atomic E-state index is -1.58. The van der Waals surface area contributed by atoms with Gasteiger partial charge in [-0.1, -0.05) is 24.6 Å². The molecule has 0 aliphatic heterocycles. The topological polar surface area (TPSA) is 177 Å². The Bertz CT molecular complexity index is 1010. The Morgan fingerprint density at radius 3 is 2.36 bits per heavy atom. The number of para-hydroxylation sites is 1. The predicted octanol–water partition coefficient (Wildman–Crippen LogP) is 0.691. The van der Waals surface area contributed by atoms with Gasteiger partial charge in [0.05, 0.1) is 19.4 Å². The molecule has 0 aliphatic carbocycles.